The van der Waals surface area contributed by atoms with E-state index >= 15 is 0 Å². The van der Waals surface area contributed by atoms with Crippen molar-refractivity contribution in [1.29, 1.82) is 0 Å². The van der Waals surface area contributed by atoms with Gasteiger partial charge in [0.15, 0.2) is 0 Å². The molecular formula is C20H25F3N2O3. The van der Waals surface area contributed by atoms with Gasteiger partial charge in [-0.05, 0) is 37.8 Å². The number of rotatable bonds is 6. The van der Waals surface area contributed by atoms with Crippen molar-refractivity contribution in [2.24, 2.45) is 5.92 Å². The molecule has 1 amide bonds. The van der Waals surface area contributed by atoms with Crippen LogP contribution in [0, 0.1) is 5.92 Å². The number of hydrogen-bond donors (Lipinski definition) is 1. The van der Waals surface area contributed by atoms with Crippen molar-refractivity contribution in [2.45, 2.75) is 50.4 Å². The number of esters is 1. The molecule has 2 saturated heterocycles. The Morgan fingerprint density at radius 1 is 1.21 bits per heavy atom. The molecule has 8 heteroatoms. The Balaban J connectivity index is 1.55. The molecule has 3 atom stereocenters. The summed E-state index contributed by atoms with van der Waals surface area (Å²) in [7, 11) is 0. The molecule has 2 aliphatic rings. The van der Waals surface area contributed by atoms with Crippen LogP contribution in [0.5, 0.6) is 0 Å². The molecule has 0 spiro atoms. The minimum Gasteiger partial charge on any atom is -0.461 e. The Kier molecular flexibility index (Phi) is 6.59. The van der Waals surface area contributed by atoms with E-state index in [-0.39, 0.29) is 18.0 Å². The maximum atomic E-state index is 12.4. The van der Waals surface area contributed by atoms with E-state index in [1.807, 2.05) is 40.5 Å². The van der Waals surface area contributed by atoms with Gasteiger partial charge < -0.3 is 10.1 Å². The topological polar surface area (TPSA) is 58.6 Å². The van der Waals surface area contributed by atoms with Gasteiger partial charge in [-0.1, -0.05) is 36.8 Å². The van der Waals surface area contributed by atoms with Crippen LogP contribution >= 0.6 is 0 Å². The van der Waals surface area contributed by atoms with Gasteiger partial charge in [0.05, 0.1) is 12.0 Å². The molecule has 0 aliphatic carbocycles. The van der Waals surface area contributed by atoms with Crippen LogP contribution in [0.15, 0.2) is 30.3 Å². The lowest BCUT2D eigenvalue weighted by atomic mass is 9.95. The summed E-state index contributed by atoms with van der Waals surface area (Å²) in [5.41, 5.74) is 1.06. The summed E-state index contributed by atoms with van der Waals surface area (Å²) in [5.74, 6) is -1.08. The molecule has 2 aliphatic heterocycles. The molecule has 0 unspecified atom stereocenters. The number of carbonyl (C=O) groups is 2. The zero-order valence-corrected chi connectivity index (χ0v) is 15.6. The van der Waals surface area contributed by atoms with Crippen molar-refractivity contribution in [2.75, 3.05) is 19.6 Å². The van der Waals surface area contributed by atoms with Gasteiger partial charge in [0.25, 0.3) is 0 Å². The van der Waals surface area contributed by atoms with E-state index in [0.717, 1.165) is 18.4 Å². The van der Waals surface area contributed by atoms with Gasteiger partial charge in [-0.3, -0.25) is 14.5 Å². The van der Waals surface area contributed by atoms with E-state index in [2.05, 4.69) is 0 Å². The summed E-state index contributed by atoms with van der Waals surface area (Å²) >= 11 is 0. The summed E-state index contributed by atoms with van der Waals surface area (Å²) in [6.07, 6.45) is -1.43. The number of cyclic esters (lactones) is 1. The lowest BCUT2D eigenvalue weighted by Gasteiger charge is -2.35. The van der Waals surface area contributed by atoms with Crippen LogP contribution in [-0.2, 0) is 20.7 Å². The molecule has 2 fully saturated rings. The summed E-state index contributed by atoms with van der Waals surface area (Å²) in [6.45, 7) is -0.337. The van der Waals surface area contributed by atoms with Crippen LogP contribution in [0.4, 0.5) is 13.2 Å². The summed E-state index contributed by atoms with van der Waals surface area (Å²) in [5, 5.41) is 1.98. The van der Waals surface area contributed by atoms with Gasteiger partial charge in [0, 0.05) is 6.54 Å². The van der Waals surface area contributed by atoms with Crippen molar-refractivity contribution >= 4 is 11.9 Å². The zero-order valence-electron chi connectivity index (χ0n) is 15.6. The largest absolute Gasteiger partial charge is 0.461 e. The SMILES string of the molecule is O=C1O[C@H](CN2CCCC[C@H]2C(=O)NCC(F)(F)F)C[C@H]1Cc1ccccc1. The highest BCUT2D eigenvalue weighted by molar-refractivity contribution is 5.82. The Bertz CT molecular complexity index is 681. The van der Waals surface area contributed by atoms with Crippen molar-refractivity contribution in [1.82, 2.24) is 10.2 Å². The van der Waals surface area contributed by atoms with Gasteiger partial charge in [0.2, 0.25) is 5.91 Å². The van der Waals surface area contributed by atoms with E-state index in [0.29, 0.717) is 32.4 Å². The van der Waals surface area contributed by atoms with Crippen LogP contribution in [0.3, 0.4) is 0 Å². The summed E-state index contributed by atoms with van der Waals surface area (Å²) in [6, 6.07) is 9.08. The first-order chi connectivity index (χ1) is 13.3. The Morgan fingerprint density at radius 3 is 2.68 bits per heavy atom. The molecular weight excluding hydrogens is 373 g/mol. The van der Waals surface area contributed by atoms with Crippen molar-refractivity contribution in [3.63, 3.8) is 0 Å². The highest BCUT2D eigenvalue weighted by Gasteiger charge is 2.38. The number of nitrogens with one attached hydrogen (secondary N) is 1. The minimum absolute atomic E-state index is 0.227. The number of likely N-dealkylation sites (tertiary alicyclic amines) is 1. The number of hydrogen-bond acceptors (Lipinski definition) is 4. The van der Waals surface area contributed by atoms with Crippen molar-refractivity contribution in [3.05, 3.63) is 35.9 Å². The third-order valence-electron chi connectivity index (χ3n) is 5.31. The van der Waals surface area contributed by atoms with Crippen molar-refractivity contribution in [3.8, 4) is 0 Å². The molecule has 1 aromatic carbocycles. The number of halogens is 3. The molecule has 0 saturated carbocycles. The van der Waals surface area contributed by atoms with Gasteiger partial charge in [0.1, 0.15) is 12.6 Å². The fourth-order valence-electron chi connectivity index (χ4n) is 3.97. The maximum Gasteiger partial charge on any atom is 0.405 e. The second-order valence-corrected chi connectivity index (χ2v) is 7.52. The van der Waals surface area contributed by atoms with Crippen LogP contribution in [0.25, 0.3) is 0 Å². The van der Waals surface area contributed by atoms with E-state index in [1.54, 1.807) is 0 Å². The lowest BCUT2D eigenvalue weighted by molar-refractivity contribution is -0.146. The van der Waals surface area contributed by atoms with Crippen molar-refractivity contribution < 1.29 is 27.5 Å². The number of nitrogens with zero attached hydrogens (tertiary/aromatic N) is 1. The first-order valence-electron chi connectivity index (χ1n) is 9.65. The fraction of sp³-hybridized carbons (Fsp3) is 0.600. The van der Waals surface area contributed by atoms with Crippen LogP contribution < -0.4 is 5.32 Å². The van der Waals surface area contributed by atoms with E-state index in [4.69, 9.17) is 4.74 Å². The first-order valence-corrected chi connectivity index (χ1v) is 9.65. The number of ether oxygens (including phenoxy) is 1. The smallest absolute Gasteiger partial charge is 0.405 e. The lowest BCUT2D eigenvalue weighted by Crippen LogP contribution is -2.52. The normalized spacial score (nSPS) is 26.1. The summed E-state index contributed by atoms with van der Waals surface area (Å²) < 4.78 is 42.7. The molecule has 5 nitrogen and oxygen atoms in total. The standard InChI is InChI=1S/C20H25F3N2O3/c21-20(22,23)13-24-18(26)17-8-4-5-9-25(17)12-16-11-15(19(27)28-16)10-14-6-2-1-3-7-14/h1-3,6-7,15-17H,4-5,8-13H2,(H,24,26)/t15-,16+,17+/m1/s1. The van der Waals surface area contributed by atoms with Crippen LogP contribution in [0.2, 0.25) is 0 Å². The predicted molar refractivity (Wildman–Crippen MR) is 96.4 cm³/mol. The number of piperidine rings is 1. The highest BCUT2D eigenvalue weighted by atomic mass is 19.4. The van der Waals surface area contributed by atoms with Gasteiger partial charge in [-0.2, -0.15) is 13.2 Å². The maximum absolute atomic E-state index is 12.4. The molecule has 1 aromatic rings. The molecule has 1 N–H and O–H groups in total. The Morgan fingerprint density at radius 2 is 1.96 bits per heavy atom. The molecule has 154 valence electrons. The first kappa shape index (κ1) is 20.6. The molecule has 0 aromatic heterocycles. The molecule has 0 bridgehead atoms. The monoisotopic (exact) mass is 398 g/mol. The van der Waals surface area contributed by atoms with E-state index in [9.17, 15) is 22.8 Å². The molecule has 2 heterocycles. The van der Waals surface area contributed by atoms with Crippen LogP contribution in [-0.4, -0.2) is 54.7 Å². The second kappa shape index (κ2) is 8.94. The highest BCUT2D eigenvalue weighted by Crippen LogP contribution is 2.27. The predicted octanol–water partition coefficient (Wildman–Crippen LogP) is 2.69. The Hall–Kier alpha value is -2.09. The third kappa shape index (κ3) is 5.70. The molecule has 3 rings (SSSR count). The van der Waals surface area contributed by atoms with E-state index in [1.165, 1.54) is 0 Å². The Labute approximate surface area is 162 Å². The number of alkyl halides is 3. The number of amides is 1. The minimum atomic E-state index is -4.43. The molecule has 28 heavy (non-hydrogen) atoms. The summed E-state index contributed by atoms with van der Waals surface area (Å²) in [4.78, 5) is 26.3. The number of benzene rings is 1. The van der Waals surface area contributed by atoms with Gasteiger partial charge in [-0.15, -0.1) is 0 Å². The second-order valence-electron chi connectivity index (χ2n) is 7.52. The van der Waals surface area contributed by atoms with E-state index < -0.39 is 24.7 Å². The average Bonchev–Trinajstić information content (AvgIpc) is 2.99. The average molecular weight is 398 g/mol. The fourth-order valence-corrected chi connectivity index (χ4v) is 3.97. The van der Waals surface area contributed by atoms with Gasteiger partial charge in [-0.25, -0.2) is 0 Å². The molecule has 0 radical (unpaired) electrons. The van der Waals surface area contributed by atoms with Crippen LogP contribution in [0.1, 0.15) is 31.2 Å². The quantitative estimate of drug-likeness (QED) is 0.749. The number of carbonyl (C=O) groups excluding carboxylic acids is 2. The third-order valence-corrected chi connectivity index (χ3v) is 5.31. The van der Waals surface area contributed by atoms with Gasteiger partial charge >= 0.3 is 12.1 Å². The zero-order chi connectivity index (χ0) is 20.1.